The zero-order valence-corrected chi connectivity index (χ0v) is 21.2. The maximum Gasteiger partial charge on any atom is 0.416 e. The molecule has 0 unspecified atom stereocenters. The molecular weight excluding hydrogens is 498 g/mol. The van der Waals surface area contributed by atoms with Crippen LogP contribution in [0.3, 0.4) is 0 Å². The van der Waals surface area contributed by atoms with Gasteiger partial charge in [0, 0.05) is 43.4 Å². The molecule has 1 N–H and O–H groups in total. The Bertz CT molecular complexity index is 1290. The monoisotopic (exact) mass is 529 g/mol. The lowest BCUT2D eigenvalue weighted by Gasteiger charge is -2.76. The second-order valence-electron chi connectivity index (χ2n) is 13.6. The lowest BCUT2D eigenvalue weighted by Crippen LogP contribution is -2.73. The van der Waals surface area contributed by atoms with E-state index in [1.54, 1.807) is 0 Å². The molecule has 5 saturated carbocycles. The van der Waals surface area contributed by atoms with Crippen molar-refractivity contribution in [1.29, 1.82) is 0 Å². The quantitative estimate of drug-likeness (QED) is 0.522. The normalized spacial score (nSPS) is 31.8. The van der Waals surface area contributed by atoms with E-state index in [9.17, 15) is 22.4 Å². The van der Waals surface area contributed by atoms with Crippen molar-refractivity contribution in [3.63, 3.8) is 0 Å². The van der Waals surface area contributed by atoms with E-state index in [4.69, 9.17) is 4.98 Å². The lowest BCUT2D eigenvalue weighted by atomic mass is 9.30. The van der Waals surface area contributed by atoms with Gasteiger partial charge in [0.1, 0.15) is 11.6 Å². The van der Waals surface area contributed by atoms with Crippen LogP contribution in [0.25, 0.3) is 0 Å². The Morgan fingerprint density at radius 1 is 1.05 bits per heavy atom. The number of carbonyl (C=O) groups is 1. The Hall–Kier alpha value is -2.65. The number of hydrogen-bond acceptors (Lipinski definition) is 3. The number of H-pyrrole nitrogens is 1. The number of carbonyl (C=O) groups excluding carboxylic acids is 1. The molecule has 0 radical (unpaired) electrons. The molecule has 202 valence electrons. The second-order valence-corrected chi connectivity index (χ2v) is 13.6. The number of halogens is 4. The molecule has 5 aliphatic carbocycles. The Balaban J connectivity index is 0.791. The molecule has 1 aromatic heterocycles. The van der Waals surface area contributed by atoms with Crippen LogP contribution >= 0.6 is 0 Å². The van der Waals surface area contributed by atoms with E-state index < -0.39 is 17.6 Å². The number of hydrogen-bond donors (Lipinski definition) is 1. The third-order valence-electron chi connectivity index (χ3n) is 10.7. The number of alkyl halides is 3. The number of aromatic amines is 1. The minimum absolute atomic E-state index is 0.0260. The first-order valence-electron chi connectivity index (χ1n) is 13.9. The molecule has 2 bridgehead atoms. The Labute approximate surface area is 218 Å². The Morgan fingerprint density at radius 2 is 1.76 bits per heavy atom. The SMILES string of the molecule is O=C(N1CC(C23CC(Cc4ccc(C(F)(F)F)cc4F)(C2)C3)C1)N1CC2(CC(c3n[nH]c(C4CC4)n3)C2)C1. The van der Waals surface area contributed by atoms with Crippen molar-refractivity contribution >= 4 is 6.03 Å². The maximum absolute atomic E-state index is 14.3. The van der Waals surface area contributed by atoms with Crippen molar-refractivity contribution in [3.8, 4) is 0 Å². The molecule has 3 heterocycles. The molecule has 1 spiro atoms. The van der Waals surface area contributed by atoms with Gasteiger partial charge in [0.25, 0.3) is 0 Å². The number of amides is 2. The number of nitrogens with zero attached hydrogens (tertiary/aromatic N) is 4. The summed E-state index contributed by atoms with van der Waals surface area (Å²) in [6.07, 6.45) is 3.49. The summed E-state index contributed by atoms with van der Waals surface area (Å²) in [6, 6.07) is 3.06. The summed E-state index contributed by atoms with van der Waals surface area (Å²) in [5, 5.41) is 7.54. The second kappa shape index (κ2) is 7.30. The van der Waals surface area contributed by atoms with E-state index >= 15 is 0 Å². The highest BCUT2D eigenvalue weighted by atomic mass is 19.4. The van der Waals surface area contributed by atoms with E-state index in [0.29, 0.717) is 35.8 Å². The number of likely N-dealkylation sites (tertiary alicyclic amines) is 2. The van der Waals surface area contributed by atoms with Crippen LogP contribution in [0.4, 0.5) is 22.4 Å². The van der Waals surface area contributed by atoms with E-state index in [2.05, 4.69) is 10.2 Å². The summed E-state index contributed by atoms with van der Waals surface area (Å²) in [6.45, 7) is 3.24. The average Bonchev–Trinajstić information content (AvgIpc) is 3.46. The highest BCUT2D eigenvalue weighted by Crippen LogP contribution is 2.78. The van der Waals surface area contributed by atoms with Gasteiger partial charge in [-0.1, -0.05) is 6.07 Å². The molecule has 9 rings (SSSR count). The Kier molecular flexibility index (Phi) is 4.47. The van der Waals surface area contributed by atoms with Gasteiger partial charge in [0.05, 0.1) is 5.56 Å². The van der Waals surface area contributed by atoms with Gasteiger partial charge in [0.15, 0.2) is 5.82 Å². The molecule has 2 aromatic rings. The molecule has 6 nitrogen and oxygen atoms in total. The summed E-state index contributed by atoms with van der Waals surface area (Å²) >= 11 is 0. The van der Waals surface area contributed by atoms with Gasteiger partial charge >= 0.3 is 12.2 Å². The van der Waals surface area contributed by atoms with Gasteiger partial charge in [-0.2, -0.15) is 18.3 Å². The Morgan fingerprint density at radius 3 is 2.39 bits per heavy atom. The van der Waals surface area contributed by atoms with Gasteiger partial charge in [0.2, 0.25) is 0 Å². The van der Waals surface area contributed by atoms with Crippen molar-refractivity contribution in [1.82, 2.24) is 25.0 Å². The highest BCUT2D eigenvalue weighted by Gasteiger charge is 2.71. The van der Waals surface area contributed by atoms with Gasteiger partial charge in [-0.25, -0.2) is 14.2 Å². The zero-order chi connectivity index (χ0) is 26.1. The number of urea groups is 1. The van der Waals surface area contributed by atoms with Crippen molar-refractivity contribution in [2.24, 2.45) is 22.2 Å². The van der Waals surface area contributed by atoms with Crippen molar-refractivity contribution < 1.29 is 22.4 Å². The van der Waals surface area contributed by atoms with Gasteiger partial charge < -0.3 is 9.80 Å². The van der Waals surface area contributed by atoms with E-state index in [-0.39, 0.29) is 22.3 Å². The minimum Gasteiger partial charge on any atom is -0.324 e. The molecule has 10 heteroatoms. The summed E-state index contributed by atoms with van der Waals surface area (Å²) in [5.41, 5.74) is -0.0359. The summed E-state index contributed by atoms with van der Waals surface area (Å²) in [4.78, 5) is 21.7. The molecule has 38 heavy (non-hydrogen) atoms. The predicted octanol–water partition coefficient (Wildman–Crippen LogP) is 5.48. The van der Waals surface area contributed by atoms with Gasteiger partial charge in [-0.05, 0) is 85.8 Å². The maximum atomic E-state index is 14.3. The fourth-order valence-electron chi connectivity index (χ4n) is 8.53. The van der Waals surface area contributed by atoms with Crippen LogP contribution in [-0.4, -0.2) is 57.2 Å². The minimum atomic E-state index is -4.53. The molecule has 2 aliphatic heterocycles. The summed E-state index contributed by atoms with van der Waals surface area (Å²) < 4.78 is 52.8. The van der Waals surface area contributed by atoms with Gasteiger partial charge in [-0.15, -0.1) is 0 Å². The van der Waals surface area contributed by atoms with Crippen LogP contribution in [0, 0.1) is 28.0 Å². The molecule has 2 amide bonds. The predicted molar refractivity (Wildman–Crippen MR) is 129 cm³/mol. The van der Waals surface area contributed by atoms with Gasteiger partial charge in [-0.3, -0.25) is 5.10 Å². The van der Waals surface area contributed by atoms with Crippen LogP contribution in [0.2, 0.25) is 0 Å². The summed E-state index contributed by atoms with van der Waals surface area (Å²) in [7, 11) is 0. The molecule has 7 fully saturated rings. The largest absolute Gasteiger partial charge is 0.416 e. The van der Waals surface area contributed by atoms with Crippen LogP contribution in [0.15, 0.2) is 18.2 Å². The molecule has 0 atom stereocenters. The smallest absolute Gasteiger partial charge is 0.324 e. The molecular formula is C28H31F4N5O. The summed E-state index contributed by atoms with van der Waals surface area (Å²) in [5.74, 6) is 2.72. The third-order valence-corrected chi connectivity index (χ3v) is 10.7. The van der Waals surface area contributed by atoms with Crippen LogP contribution in [-0.2, 0) is 12.6 Å². The topological polar surface area (TPSA) is 65.1 Å². The number of nitrogens with one attached hydrogen (secondary N) is 1. The first kappa shape index (κ1) is 23.3. The first-order valence-corrected chi connectivity index (χ1v) is 13.9. The van der Waals surface area contributed by atoms with E-state index in [1.165, 1.54) is 18.9 Å². The first-order chi connectivity index (χ1) is 18.0. The average molecular weight is 530 g/mol. The highest BCUT2D eigenvalue weighted by molar-refractivity contribution is 5.76. The lowest BCUT2D eigenvalue weighted by molar-refractivity contribution is -0.254. The molecule has 2 saturated heterocycles. The fourth-order valence-corrected chi connectivity index (χ4v) is 8.53. The standard InChI is InChI=1S/C28H31F4N5O/c29-21-5-19(28(30,31)32)4-3-17(21)6-26-11-27(12-26,13-26)20-9-36(10-20)24(38)37-14-25(15-37)7-18(8-25)23-33-22(34-35-23)16-1-2-16/h3-5,16,18,20H,1-2,6-15H2,(H,33,34,35). The van der Waals surface area contributed by atoms with Crippen LogP contribution < -0.4 is 0 Å². The number of aromatic nitrogens is 3. The fraction of sp³-hybridized carbons (Fsp3) is 0.679. The van der Waals surface area contributed by atoms with E-state index in [1.807, 2.05) is 9.80 Å². The molecule has 1 aromatic carbocycles. The number of benzene rings is 1. The van der Waals surface area contributed by atoms with Crippen molar-refractivity contribution in [3.05, 3.63) is 46.8 Å². The molecule has 7 aliphatic rings. The van der Waals surface area contributed by atoms with Crippen molar-refractivity contribution in [2.75, 3.05) is 26.2 Å². The van der Waals surface area contributed by atoms with Crippen LogP contribution in [0.1, 0.15) is 79.6 Å². The van der Waals surface area contributed by atoms with Crippen molar-refractivity contribution in [2.45, 2.75) is 69.4 Å². The number of rotatable bonds is 5. The zero-order valence-electron chi connectivity index (χ0n) is 21.2. The van der Waals surface area contributed by atoms with E-state index in [0.717, 1.165) is 76.0 Å². The third kappa shape index (κ3) is 3.40. The van der Waals surface area contributed by atoms with Crippen LogP contribution in [0.5, 0.6) is 0 Å².